The van der Waals surface area contributed by atoms with Gasteiger partial charge in [0.1, 0.15) is 0 Å². The highest BCUT2D eigenvalue weighted by Gasteiger charge is 2.03. The molecule has 4 heteroatoms. The average molecular weight is 264 g/mol. The minimum Gasteiger partial charge on any atom is -0.381 e. The summed E-state index contributed by atoms with van der Waals surface area (Å²) in [6.45, 7) is 6.77. The Balaban J connectivity index is 2.10. The molecule has 1 aromatic carbocycles. The number of carbonyl (C=O) groups excluding carboxylic acids is 1. The summed E-state index contributed by atoms with van der Waals surface area (Å²) in [6, 6.07) is 7.76. The third-order valence-corrected chi connectivity index (χ3v) is 2.70. The maximum atomic E-state index is 11.7. The van der Waals surface area contributed by atoms with Gasteiger partial charge in [0.15, 0.2) is 0 Å². The van der Waals surface area contributed by atoms with Gasteiger partial charge >= 0.3 is 0 Å². The molecule has 0 radical (unpaired) electrons. The molecule has 1 rings (SSSR count). The highest BCUT2D eigenvalue weighted by Crippen LogP contribution is 2.12. The van der Waals surface area contributed by atoms with Crippen molar-refractivity contribution in [3.63, 3.8) is 0 Å². The van der Waals surface area contributed by atoms with E-state index in [0.717, 1.165) is 43.9 Å². The molecule has 106 valence electrons. The number of anilines is 1. The van der Waals surface area contributed by atoms with Crippen LogP contribution in [0, 0.1) is 6.92 Å². The maximum Gasteiger partial charge on any atom is 0.238 e. The topological polar surface area (TPSA) is 50.4 Å². The van der Waals surface area contributed by atoms with Crippen molar-refractivity contribution in [1.29, 1.82) is 0 Å². The van der Waals surface area contributed by atoms with Crippen LogP contribution < -0.4 is 10.6 Å². The second-order valence-corrected chi connectivity index (χ2v) is 4.51. The molecule has 2 N–H and O–H groups in total. The first-order valence-corrected chi connectivity index (χ1v) is 6.88. The van der Waals surface area contributed by atoms with E-state index in [9.17, 15) is 4.79 Å². The molecule has 0 aromatic heterocycles. The third-order valence-electron chi connectivity index (χ3n) is 2.70. The lowest BCUT2D eigenvalue weighted by Gasteiger charge is -2.09. The summed E-state index contributed by atoms with van der Waals surface area (Å²) < 4.78 is 5.36. The minimum atomic E-state index is -0.0104. The molecule has 4 nitrogen and oxygen atoms in total. The molecule has 0 fully saturated rings. The lowest BCUT2D eigenvalue weighted by Crippen LogP contribution is -2.29. The second-order valence-electron chi connectivity index (χ2n) is 4.51. The van der Waals surface area contributed by atoms with Crippen LogP contribution in [0.3, 0.4) is 0 Å². The predicted molar refractivity (Wildman–Crippen MR) is 78.4 cm³/mol. The van der Waals surface area contributed by atoms with Gasteiger partial charge in [0.25, 0.3) is 0 Å². The van der Waals surface area contributed by atoms with E-state index >= 15 is 0 Å². The van der Waals surface area contributed by atoms with Crippen LogP contribution in [-0.4, -0.2) is 32.2 Å². The van der Waals surface area contributed by atoms with E-state index in [2.05, 4.69) is 17.6 Å². The third kappa shape index (κ3) is 6.94. The number of nitrogens with one attached hydrogen (secondary N) is 2. The molecule has 0 bridgehead atoms. The summed E-state index contributed by atoms with van der Waals surface area (Å²) in [5, 5.41) is 6.00. The van der Waals surface area contributed by atoms with Gasteiger partial charge in [-0.15, -0.1) is 0 Å². The number of amides is 1. The zero-order valence-corrected chi connectivity index (χ0v) is 11.9. The number of rotatable bonds is 9. The van der Waals surface area contributed by atoms with Crippen LogP contribution >= 0.6 is 0 Å². The highest BCUT2D eigenvalue weighted by molar-refractivity contribution is 5.92. The number of carbonyl (C=O) groups is 1. The fourth-order valence-corrected chi connectivity index (χ4v) is 1.66. The first-order valence-electron chi connectivity index (χ1n) is 6.88. The Morgan fingerprint density at radius 2 is 2.05 bits per heavy atom. The molecule has 0 unspecified atom stereocenters. The summed E-state index contributed by atoms with van der Waals surface area (Å²) in [7, 11) is 0. The van der Waals surface area contributed by atoms with Crippen molar-refractivity contribution in [3.8, 4) is 0 Å². The summed E-state index contributed by atoms with van der Waals surface area (Å²) >= 11 is 0. The quantitative estimate of drug-likeness (QED) is 0.673. The van der Waals surface area contributed by atoms with E-state index in [1.807, 2.05) is 31.2 Å². The lowest BCUT2D eigenvalue weighted by atomic mass is 10.2. The Morgan fingerprint density at radius 3 is 2.79 bits per heavy atom. The summed E-state index contributed by atoms with van der Waals surface area (Å²) in [5.74, 6) is -0.0104. The van der Waals surface area contributed by atoms with Gasteiger partial charge in [0.2, 0.25) is 5.91 Å². The standard InChI is InChI=1S/C15H24N2O2/c1-3-10-19-11-6-9-16-12-15(18)17-14-8-5-4-7-13(14)2/h4-5,7-8,16H,3,6,9-12H2,1-2H3,(H,17,18). The largest absolute Gasteiger partial charge is 0.381 e. The van der Waals surface area contributed by atoms with Crippen molar-refractivity contribution < 1.29 is 9.53 Å². The SMILES string of the molecule is CCCOCCCNCC(=O)Nc1ccccc1C. The summed E-state index contributed by atoms with van der Waals surface area (Å²) in [4.78, 5) is 11.7. The monoisotopic (exact) mass is 264 g/mol. The van der Waals surface area contributed by atoms with Gasteiger partial charge in [-0.05, 0) is 37.9 Å². The van der Waals surface area contributed by atoms with E-state index < -0.39 is 0 Å². The highest BCUT2D eigenvalue weighted by atomic mass is 16.5. The zero-order valence-electron chi connectivity index (χ0n) is 11.9. The van der Waals surface area contributed by atoms with Gasteiger partial charge in [0, 0.05) is 18.9 Å². The molecular formula is C15H24N2O2. The maximum absolute atomic E-state index is 11.7. The van der Waals surface area contributed by atoms with Crippen molar-refractivity contribution in [1.82, 2.24) is 5.32 Å². The smallest absolute Gasteiger partial charge is 0.238 e. The molecule has 1 amide bonds. The molecule has 0 atom stereocenters. The van der Waals surface area contributed by atoms with Crippen molar-refractivity contribution in [2.45, 2.75) is 26.7 Å². The molecule has 0 saturated carbocycles. The predicted octanol–water partition coefficient (Wildman–Crippen LogP) is 2.34. The van der Waals surface area contributed by atoms with Crippen LogP contribution in [0.1, 0.15) is 25.3 Å². The number of hydrogen-bond acceptors (Lipinski definition) is 3. The van der Waals surface area contributed by atoms with E-state index in [1.165, 1.54) is 0 Å². The molecule has 1 aromatic rings. The van der Waals surface area contributed by atoms with Crippen LogP contribution in [0.2, 0.25) is 0 Å². The van der Waals surface area contributed by atoms with Crippen LogP contribution in [-0.2, 0) is 9.53 Å². The van der Waals surface area contributed by atoms with E-state index in [-0.39, 0.29) is 5.91 Å². The first kappa shape index (κ1) is 15.7. The van der Waals surface area contributed by atoms with Crippen molar-refractivity contribution in [3.05, 3.63) is 29.8 Å². The second kappa shape index (κ2) is 9.53. The summed E-state index contributed by atoms with van der Waals surface area (Å²) in [6.07, 6.45) is 1.98. The van der Waals surface area contributed by atoms with Gasteiger partial charge in [-0.2, -0.15) is 0 Å². The van der Waals surface area contributed by atoms with Crippen molar-refractivity contribution in [2.24, 2.45) is 0 Å². The minimum absolute atomic E-state index is 0.0104. The molecule has 0 spiro atoms. The number of hydrogen-bond donors (Lipinski definition) is 2. The number of para-hydroxylation sites is 1. The molecular weight excluding hydrogens is 240 g/mol. The van der Waals surface area contributed by atoms with Crippen molar-refractivity contribution in [2.75, 3.05) is 31.6 Å². The number of aryl methyl sites for hydroxylation is 1. The average Bonchev–Trinajstić information content (AvgIpc) is 2.40. The van der Waals surface area contributed by atoms with Gasteiger partial charge in [-0.3, -0.25) is 4.79 Å². The first-order chi connectivity index (χ1) is 9.24. The normalized spacial score (nSPS) is 10.4. The Bertz CT molecular complexity index is 380. The van der Waals surface area contributed by atoms with Crippen LogP contribution in [0.15, 0.2) is 24.3 Å². The van der Waals surface area contributed by atoms with E-state index in [0.29, 0.717) is 6.54 Å². The molecule has 0 heterocycles. The summed E-state index contributed by atoms with van der Waals surface area (Å²) in [5.41, 5.74) is 1.95. The molecule has 0 saturated heterocycles. The Kier molecular flexibility index (Phi) is 7.86. The Morgan fingerprint density at radius 1 is 1.26 bits per heavy atom. The van der Waals surface area contributed by atoms with Gasteiger partial charge in [-0.1, -0.05) is 25.1 Å². The van der Waals surface area contributed by atoms with Crippen LogP contribution in [0.4, 0.5) is 5.69 Å². The Hall–Kier alpha value is -1.39. The van der Waals surface area contributed by atoms with Gasteiger partial charge in [0.05, 0.1) is 6.54 Å². The fraction of sp³-hybridized carbons (Fsp3) is 0.533. The van der Waals surface area contributed by atoms with E-state index in [4.69, 9.17) is 4.74 Å². The Labute approximate surface area is 115 Å². The van der Waals surface area contributed by atoms with Crippen LogP contribution in [0.25, 0.3) is 0 Å². The molecule has 19 heavy (non-hydrogen) atoms. The van der Waals surface area contributed by atoms with E-state index in [1.54, 1.807) is 0 Å². The number of benzene rings is 1. The van der Waals surface area contributed by atoms with Crippen LogP contribution in [0.5, 0.6) is 0 Å². The van der Waals surface area contributed by atoms with Gasteiger partial charge < -0.3 is 15.4 Å². The lowest BCUT2D eigenvalue weighted by molar-refractivity contribution is -0.115. The number of ether oxygens (including phenoxy) is 1. The van der Waals surface area contributed by atoms with Gasteiger partial charge in [-0.25, -0.2) is 0 Å². The molecule has 0 aliphatic carbocycles. The molecule has 0 aliphatic heterocycles. The van der Waals surface area contributed by atoms with Crippen molar-refractivity contribution >= 4 is 11.6 Å². The fourth-order valence-electron chi connectivity index (χ4n) is 1.66. The molecule has 0 aliphatic rings. The zero-order chi connectivity index (χ0) is 13.9.